The van der Waals surface area contributed by atoms with Crippen molar-refractivity contribution in [3.05, 3.63) is 18.0 Å². The van der Waals surface area contributed by atoms with Gasteiger partial charge in [0.05, 0.1) is 32.1 Å². The predicted octanol–water partition coefficient (Wildman–Crippen LogP) is 0.737. The number of unbranched alkanes of at least 4 members (excludes halogenated alkanes) is 2. The molecule has 3 amide bonds. The van der Waals surface area contributed by atoms with E-state index in [0.717, 1.165) is 25.7 Å². The number of hydrogen-bond acceptors (Lipinski definition) is 7. The third-order valence-corrected chi connectivity index (χ3v) is 3.57. The Morgan fingerprint density at radius 3 is 2.36 bits per heavy atom. The van der Waals surface area contributed by atoms with Gasteiger partial charge in [-0.15, -0.1) is 0 Å². The summed E-state index contributed by atoms with van der Waals surface area (Å²) in [6.07, 6.45) is 4.05. The van der Waals surface area contributed by atoms with Crippen molar-refractivity contribution in [1.82, 2.24) is 21.2 Å². The van der Waals surface area contributed by atoms with Gasteiger partial charge in [0, 0.05) is 12.6 Å². The van der Waals surface area contributed by atoms with E-state index in [0.29, 0.717) is 24.7 Å². The Kier molecular flexibility index (Phi) is 11.4. The van der Waals surface area contributed by atoms with Crippen LogP contribution < -0.4 is 25.6 Å². The lowest BCUT2D eigenvalue weighted by Crippen LogP contribution is -2.49. The zero-order valence-corrected chi connectivity index (χ0v) is 16.4. The maximum atomic E-state index is 12.2. The molecule has 1 rings (SSSR count). The summed E-state index contributed by atoms with van der Waals surface area (Å²) in [6.45, 7) is 4.47. The van der Waals surface area contributed by atoms with Crippen molar-refractivity contribution >= 4 is 11.9 Å². The van der Waals surface area contributed by atoms with Gasteiger partial charge >= 0.3 is 6.03 Å². The Morgan fingerprint density at radius 2 is 1.75 bits per heavy atom. The molecular weight excluding hydrogens is 368 g/mol. The lowest BCUT2D eigenvalue weighted by Gasteiger charge is -2.14. The van der Waals surface area contributed by atoms with Crippen molar-refractivity contribution in [3.8, 4) is 11.5 Å². The molecule has 1 aromatic heterocycles. The normalized spacial score (nSPS) is 11.4. The van der Waals surface area contributed by atoms with Crippen LogP contribution in [0.1, 0.15) is 50.0 Å². The number of hydrogen-bond donors (Lipinski definition) is 5. The number of aliphatic hydroxyl groups excluding tert-OH is 2. The molecule has 10 heteroatoms. The molecule has 1 aromatic rings. The maximum absolute atomic E-state index is 12.2. The lowest BCUT2D eigenvalue weighted by molar-refractivity contribution is 0.0916. The van der Waals surface area contributed by atoms with Crippen molar-refractivity contribution in [1.29, 1.82) is 0 Å². The molecule has 0 radical (unpaired) electrons. The molecule has 0 aliphatic carbocycles. The molecule has 1 atom stereocenters. The fourth-order valence-corrected chi connectivity index (χ4v) is 1.92. The van der Waals surface area contributed by atoms with Crippen LogP contribution in [0.2, 0.25) is 0 Å². The average Bonchev–Trinajstić information content (AvgIpc) is 2.71. The first kappa shape index (κ1) is 23.4. The van der Waals surface area contributed by atoms with Crippen LogP contribution in [0.3, 0.4) is 0 Å². The molecule has 0 fully saturated rings. The summed E-state index contributed by atoms with van der Waals surface area (Å²) in [5.41, 5.74) is 4.38. The molecule has 0 unspecified atom stereocenters. The van der Waals surface area contributed by atoms with Gasteiger partial charge in [-0.05, 0) is 12.8 Å². The molecule has 5 N–H and O–H groups in total. The lowest BCUT2D eigenvalue weighted by atomic mass is 10.3. The van der Waals surface area contributed by atoms with Crippen LogP contribution in [0, 0.1) is 0 Å². The van der Waals surface area contributed by atoms with Crippen molar-refractivity contribution in [2.45, 2.75) is 45.6 Å². The smallest absolute Gasteiger partial charge is 0.333 e. The maximum Gasteiger partial charge on any atom is 0.333 e. The Balaban J connectivity index is 2.67. The fourth-order valence-electron chi connectivity index (χ4n) is 1.92. The number of nitrogens with one attached hydrogen (secondary N) is 3. The van der Waals surface area contributed by atoms with Gasteiger partial charge in [-0.1, -0.05) is 26.7 Å². The van der Waals surface area contributed by atoms with Crippen molar-refractivity contribution in [2.75, 3.05) is 26.4 Å². The van der Waals surface area contributed by atoms with Crippen molar-refractivity contribution in [2.24, 2.45) is 0 Å². The van der Waals surface area contributed by atoms with E-state index >= 15 is 0 Å². The number of aromatic nitrogens is 1. The average molecular weight is 398 g/mol. The first-order valence-electron chi connectivity index (χ1n) is 9.40. The summed E-state index contributed by atoms with van der Waals surface area (Å²) in [5.74, 6) is 0.239. The topological polar surface area (TPSA) is 142 Å². The molecule has 0 aromatic carbocycles. The predicted molar refractivity (Wildman–Crippen MR) is 102 cm³/mol. The number of carbonyl (C=O) groups is 2. The van der Waals surface area contributed by atoms with Gasteiger partial charge in [0.2, 0.25) is 0 Å². The minimum absolute atomic E-state index is 0.0463. The van der Waals surface area contributed by atoms with Crippen LogP contribution in [0.25, 0.3) is 0 Å². The molecular formula is C18H30N4O6. The Bertz CT molecular complexity index is 614. The third kappa shape index (κ3) is 8.87. The number of urea groups is 1. The van der Waals surface area contributed by atoms with E-state index in [-0.39, 0.29) is 12.2 Å². The second-order valence-electron chi connectivity index (χ2n) is 6.05. The number of carbonyl (C=O) groups excluding carboxylic acids is 2. The van der Waals surface area contributed by atoms with E-state index in [2.05, 4.69) is 28.1 Å². The second-order valence-corrected chi connectivity index (χ2v) is 6.05. The minimum Gasteiger partial charge on any atom is -0.490 e. The SMILES string of the molecule is CCCCOc1cnc(C(=O)NNC(=O)NC[C@H](O)CO)cc1OCCCC. The van der Waals surface area contributed by atoms with Crippen LogP contribution in [0.4, 0.5) is 4.79 Å². The highest BCUT2D eigenvalue weighted by molar-refractivity contribution is 5.94. The number of ether oxygens (including phenoxy) is 2. The summed E-state index contributed by atoms with van der Waals surface area (Å²) < 4.78 is 11.4. The van der Waals surface area contributed by atoms with E-state index in [1.54, 1.807) is 0 Å². The molecule has 0 aliphatic rings. The van der Waals surface area contributed by atoms with E-state index in [1.807, 2.05) is 6.92 Å². The summed E-state index contributed by atoms with van der Waals surface area (Å²) >= 11 is 0. The van der Waals surface area contributed by atoms with Crippen LogP contribution in [-0.4, -0.2) is 59.6 Å². The Labute approximate surface area is 164 Å². The number of nitrogens with zero attached hydrogens (tertiary/aromatic N) is 1. The number of rotatable bonds is 12. The van der Waals surface area contributed by atoms with Crippen LogP contribution >= 0.6 is 0 Å². The third-order valence-electron chi connectivity index (χ3n) is 3.57. The van der Waals surface area contributed by atoms with Crippen LogP contribution in [0.5, 0.6) is 11.5 Å². The molecule has 158 valence electrons. The highest BCUT2D eigenvalue weighted by Gasteiger charge is 2.14. The van der Waals surface area contributed by atoms with E-state index in [4.69, 9.17) is 19.7 Å². The molecule has 1 heterocycles. The largest absolute Gasteiger partial charge is 0.490 e. The fraction of sp³-hybridized carbons (Fsp3) is 0.611. The molecule has 0 spiro atoms. The molecule has 0 aliphatic heterocycles. The molecule has 0 saturated heterocycles. The second kappa shape index (κ2) is 13.6. The van der Waals surface area contributed by atoms with Gasteiger partial charge < -0.3 is 25.0 Å². The van der Waals surface area contributed by atoms with Gasteiger partial charge in [0.15, 0.2) is 11.5 Å². The van der Waals surface area contributed by atoms with Crippen LogP contribution in [-0.2, 0) is 0 Å². The zero-order chi connectivity index (χ0) is 20.8. The van der Waals surface area contributed by atoms with Crippen LogP contribution in [0.15, 0.2) is 12.3 Å². The van der Waals surface area contributed by atoms with E-state index in [9.17, 15) is 9.59 Å². The number of amides is 3. The molecule has 0 bridgehead atoms. The zero-order valence-electron chi connectivity index (χ0n) is 16.4. The van der Waals surface area contributed by atoms with Gasteiger partial charge in [0.25, 0.3) is 5.91 Å². The van der Waals surface area contributed by atoms with E-state index in [1.165, 1.54) is 12.3 Å². The highest BCUT2D eigenvalue weighted by atomic mass is 16.5. The summed E-state index contributed by atoms with van der Waals surface area (Å²) in [4.78, 5) is 27.8. The Hall–Kier alpha value is -2.59. The van der Waals surface area contributed by atoms with Gasteiger partial charge in [-0.2, -0.15) is 0 Å². The molecule has 28 heavy (non-hydrogen) atoms. The first-order chi connectivity index (χ1) is 13.5. The monoisotopic (exact) mass is 398 g/mol. The first-order valence-corrected chi connectivity index (χ1v) is 9.40. The number of aliphatic hydroxyl groups is 2. The highest BCUT2D eigenvalue weighted by Crippen LogP contribution is 2.27. The Morgan fingerprint density at radius 1 is 1.11 bits per heavy atom. The summed E-state index contributed by atoms with van der Waals surface area (Å²) in [7, 11) is 0. The molecule has 0 saturated carbocycles. The minimum atomic E-state index is -1.08. The molecule has 10 nitrogen and oxygen atoms in total. The van der Waals surface area contributed by atoms with Crippen molar-refractivity contribution < 1.29 is 29.3 Å². The van der Waals surface area contributed by atoms with E-state index < -0.39 is 24.6 Å². The number of hydrazine groups is 1. The van der Waals surface area contributed by atoms with Gasteiger partial charge in [-0.25, -0.2) is 15.2 Å². The number of pyridine rings is 1. The van der Waals surface area contributed by atoms with Gasteiger partial charge in [0.1, 0.15) is 5.69 Å². The standard InChI is InChI=1S/C18H30N4O6/c1-3-5-7-27-15-9-14(19-11-16(15)28-8-6-4-2)17(25)21-22-18(26)20-10-13(24)12-23/h9,11,13,23-24H,3-8,10,12H2,1-2H3,(H,21,25)(H2,20,22,26)/t13-/m0/s1. The summed E-state index contributed by atoms with van der Waals surface area (Å²) in [5, 5.41) is 20.1. The van der Waals surface area contributed by atoms with Crippen molar-refractivity contribution in [3.63, 3.8) is 0 Å². The van der Waals surface area contributed by atoms with Gasteiger partial charge in [-0.3, -0.25) is 10.2 Å². The summed E-state index contributed by atoms with van der Waals surface area (Å²) in [6, 6.07) is 0.723. The quantitative estimate of drug-likeness (QED) is 0.258.